The number of amides is 1. The molecule has 1 amide bonds. The Hall–Kier alpha value is -0.750. The van der Waals surface area contributed by atoms with Crippen molar-refractivity contribution in [1.82, 2.24) is 5.32 Å². The molecule has 20 heavy (non-hydrogen) atoms. The molecule has 1 atom stereocenters. The fourth-order valence-corrected chi connectivity index (χ4v) is 2.96. The molecule has 1 aliphatic heterocycles. The van der Waals surface area contributed by atoms with Gasteiger partial charge in [-0.3, -0.25) is 4.79 Å². The smallest absolute Gasteiger partial charge is 0.230 e. The van der Waals surface area contributed by atoms with Crippen LogP contribution in [0.25, 0.3) is 0 Å². The first kappa shape index (κ1) is 15.6. The average Bonchev–Trinajstić information content (AvgIpc) is 2.84. The minimum atomic E-state index is -0.896. The van der Waals surface area contributed by atoms with Crippen molar-refractivity contribution in [3.63, 3.8) is 0 Å². The van der Waals surface area contributed by atoms with Crippen LogP contribution >= 0.6 is 23.4 Å². The summed E-state index contributed by atoms with van der Waals surface area (Å²) in [5.74, 6) is 1.03. The van der Waals surface area contributed by atoms with E-state index in [1.54, 1.807) is 0 Å². The highest BCUT2D eigenvalue weighted by Gasteiger charge is 2.32. The van der Waals surface area contributed by atoms with Gasteiger partial charge in [0.05, 0.1) is 12.4 Å². The minimum Gasteiger partial charge on any atom is -0.386 e. The number of rotatable bonds is 6. The second-order valence-electron chi connectivity index (χ2n) is 4.93. The van der Waals surface area contributed by atoms with Gasteiger partial charge in [0, 0.05) is 30.3 Å². The molecule has 1 aromatic carbocycles. The van der Waals surface area contributed by atoms with Crippen LogP contribution in [0.2, 0.25) is 5.02 Å². The van der Waals surface area contributed by atoms with E-state index in [1.807, 2.05) is 24.3 Å². The lowest BCUT2D eigenvalue weighted by Crippen LogP contribution is -2.43. The molecule has 0 saturated carbocycles. The second kappa shape index (κ2) is 7.31. The highest BCUT2D eigenvalue weighted by molar-refractivity contribution is 7.99. The van der Waals surface area contributed by atoms with Crippen LogP contribution in [-0.2, 0) is 15.3 Å². The van der Waals surface area contributed by atoms with Crippen LogP contribution in [0.5, 0.6) is 0 Å². The summed E-state index contributed by atoms with van der Waals surface area (Å²) < 4.78 is 5.12. The number of aliphatic hydroxyl groups is 1. The number of carbonyl (C=O) groups is 1. The Bertz CT molecular complexity index is 463. The lowest BCUT2D eigenvalue weighted by atomic mass is 10.0. The van der Waals surface area contributed by atoms with Crippen LogP contribution in [0.15, 0.2) is 24.3 Å². The Morgan fingerprint density at radius 2 is 2.40 bits per heavy atom. The molecule has 0 bridgehead atoms. The van der Waals surface area contributed by atoms with E-state index in [9.17, 15) is 9.90 Å². The van der Waals surface area contributed by atoms with Gasteiger partial charge in [-0.2, -0.15) is 0 Å². The lowest BCUT2D eigenvalue weighted by Gasteiger charge is -2.20. The third-order valence-corrected chi connectivity index (χ3v) is 4.33. The summed E-state index contributed by atoms with van der Waals surface area (Å²) in [6.45, 7) is 1.10. The van der Waals surface area contributed by atoms with E-state index in [0.29, 0.717) is 30.4 Å². The molecule has 1 fully saturated rings. The minimum absolute atomic E-state index is 0.0719. The fourth-order valence-electron chi connectivity index (χ4n) is 1.94. The molecule has 6 heteroatoms. The third-order valence-electron chi connectivity index (χ3n) is 3.09. The van der Waals surface area contributed by atoms with Gasteiger partial charge in [0.15, 0.2) is 0 Å². The van der Waals surface area contributed by atoms with Crippen molar-refractivity contribution < 1.29 is 14.6 Å². The molecule has 4 nitrogen and oxygen atoms in total. The van der Waals surface area contributed by atoms with Crippen molar-refractivity contribution in [1.29, 1.82) is 0 Å². The van der Waals surface area contributed by atoms with E-state index in [4.69, 9.17) is 16.3 Å². The topological polar surface area (TPSA) is 58.6 Å². The van der Waals surface area contributed by atoms with Crippen molar-refractivity contribution in [2.75, 3.05) is 25.5 Å². The van der Waals surface area contributed by atoms with E-state index in [1.165, 1.54) is 11.8 Å². The number of carbonyl (C=O) groups excluding carboxylic acids is 1. The van der Waals surface area contributed by atoms with E-state index in [-0.39, 0.29) is 12.5 Å². The number of hydrogen-bond donors (Lipinski definition) is 2. The monoisotopic (exact) mass is 315 g/mol. The van der Waals surface area contributed by atoms with Gasteiger partial charge in [-0.05, 0) is 17.7 Å². The van der Waals surface area contributed by atoms with Crippen molar-refractivity contribution in [2.45, 2.75) is 17.8 Å². The van der Waals surface area contributed by atoms with Crippen molar-refractivity contribution >= 4 is 29.3 Å². The summed E-state index contributed by atoms with van der Waals surface area (Å²) in [6, 6.07) is 7.60. The number of benzene rings is 1. The summed E-state index contributed by atoms with van der Waals surface area (Å²) in [5, 5.41) is 13.5. The van der Waals surface area contributed by atoms with Crippen LogP contribution in [0, 0.1) is 0 Å². The molecule has 1 heterocycles. The van der Waals surface area contributed by atoms with Crippen LogP contribution in [0.1, 0.15) is 12.0 Å². The molecule has 1 aliphatic rings. The Morgan fingerprint density at radius 3 is 3.10 bits per heavy atom. The van der Waals surface area contributed by atoms with Crippen LogP contribution < -0.4 is 5.32 Å². The number of nitrogens with one attached hydrogen (secondary N) is 1. The molecule has 0 radical (unpaired) electrons. The third kappa shape index (κ3) is 4.98. The van der Waals surface area contributed by atoms with E-state index in [0.717, 1.165) is 11.3 Å². The van der Waals surface area contributed by atoms with E-state index >= 15 is 0 Å². The maximum absolute atomic E-state index is 11.7. The summed E-state index contributed by atoms with van der Waals surface area (Å²) in [7, 11) is 0. The highest BCUT2D eigenvalue weighted by atomic mass is 35.5. The zero-order valence-electron chi connectivity index (χ0n) is 11.1. The maximum atomic E-state index is 11.7. The number of halogens is 1. The average molecular weight is 316 g/mol. The molecule has 1 unspecified atom stereocenters. The van der Waals surface area contributed by atoms with E-state index < -0.39 is 5.60 Å². The predicted octanol–water partition coefficient (Wildman–Crippen LogP) is 1.84. The Labute approximate surface area is 127 Å². The molecular weight excluding hydrogens is 298 g/mol. The maximum Gasteiger partial charge on any atom is 0.230 e. The first-order valence-corrected chi connectivity index (χ1v) is 8.00. The Kier molecular flexibility index (Phi) is 5.72. The number of thioether (sulfide) groups is 1. The SMILES string of the molecule is O=C(CSCc1cccc(Cl)c1)NCC1(O)CCOC1. The van der Waals surface area contributed by atoms with Gasteiger partial charge >= 0.3 is 0 Å². The quantitative estimate of drug-likeness (QED) is 0.841. The van der Waals surface area contributed by atoms with Gasteiger partial charge in [0.25, 0.3) is 0 Å². The number of hydrogen-bond acceptors (Lipinski definition) is 4. The zero-order chi connectivity index (χ0) is 14.4. The first-order valence-electron chi connectivity index (χ1n) is 6.46. The molecule has 1 aromatic rings. The number of ether oxygens (including phenoxy) is 1. The normalized spacial score (nSPS) is 21.9. The molecular formula is C14H18ClNO3S. The van der Waals surface area contributed by atoms with Crippen LogP contribution in [0.3, 0.4) is 0 Å². The molecule has 2 rings (SSSR count). The van der Waals surface area contributed by atoms with Crippen molar-refractivity contribution in [3.8, 4) is 0 Å². The summed E-state index contributed by atoms with van der Waals surface area (Å²) in [6.07, 6.45) is 0.572. The fraction of sp³-hybridized carbons (Fsp3) is 0.500. The lowest BCUT2D eigenvalue weighted by molar-refractivity contribution is -0.119. The summed E-state index contributed by atoms with van der Waals surface area (Å²) in [4.78, 5) is 11.7. The van der Waals surface area contributed by atoms with Gasteiger partial charge < -0.3 is 15.2 Å². The molecule has 0 spiro atoms. The van der Waals surface area contributed by atoms with Crippen molar-refractivity contribution in [2.24, 2.45) is 0 Å². The van der Waals surface area contributed by atoms with Crippen molar-refractivity contribution in [3.05, 3.63) is 34.9 Å². The summed E-state index contributed by atoms with van der Waals surface area (Å²) in [5.41, 5.74) is 0.200. The Morgan fingerprint density at radius 1 is 1.55 bits per heavy atom. The highest BCUT2D eigenvalue weighted by Crippen LogP contribution is 2.18. The molecule has 2 N–H and O–H groups in total. The van der Waals surface area contributed by atoms with Crippen LogP contribution in [0.4, 0.5) is 0 Å². The second-order valence-corrected chi connectivity index (χ2v) is 6.35. The largest absolute Gasteiger partial charge is 0.386 e. The van der Waals surface area contributed by atoms with Gasteiger partial charge in [0.2, 0.25) is 5.91 Å². The van der Waals surface area contributed by atoms with Gasteiger partial charge in [-0.25, -0.2) is 0 Å². The Balaban J connectivity index is 1.65. The standard InChI is InChI=1S/C14H18ClNO3S/c15-12-3-1-2-11(6-12)7-20-8-13(17)16-9-14(18)4-5-19-10-14/h1-3,6,18H,4-5,7-10H2,(H,16,17). The first-order chi connectivity index (χ1) is 9.57. The van der Waals surface area contributed by atoms with E-state index in [2.05, 4.69) is 5.32 Å². The van der Waals surface area contributed by atoms with Gasteiger partial charge in [0.1, 0.15) is 5.60 Å². The predicted molar refractivity (Wildman–Crippen MR) is 81.0 cm³/mol. The molecule has 110 valence electrons. The summed E-state index contributed by atoms with van der Waals surface area (Å²) >= 11 is 7.42. The van der Waals surface area contributed by atoms with Gasteiger partial charge in [-0.15, -0.1) is 11.8 Å². The molecule has 0 aromatic heterocycles. The molecule has 1 saturated heterocycles. The van der Waals surface area contributed by atoms with Crippen LogP contribution in [-0.4, -0.2) is 42.1 Å². The zero-order valence-corrected chi connectivity index (χ0v) is 12.7. The van der Waals surface area contributed by atoms with Gasteiger partial charge in [-0.1, -0.05) is 23.7 Å². The molecule has 0 aliphatic carbocycles.